The topological polar surface area (TPSA) is 47.6 Å². The molecule has 2 aromatic carbocycles. The molecule has 0 heterocycles. The zero-order chi connectivity index (χ0) is 16.7. The minimum Gasteiger partial charge on any atom is -0.192 e. The van der Waals surface area contributed by atoms with Gasteiger partial charge in [-0.3, -0.25) is 0 Å². The van der Waals surface area contributed by atoms with Crippen LogP contribution in [0.15, 0.2) is 75.6 Å². The van der Waals surface area contributed by atoms with E-state index in [4.69, 9.17) is 22.1 Å². The van der Waals surface area contributed by atoms with Crippen molar-refractivity contribution in [2.24, 2.45) is 0 Å². The second-order valence-electron chi connectivity index (χ2n) is 4.40. The third-order valence-corrected chi connectivity index (χ3v) is 4.69. The van der Waals surface area contributed by atoms with Crippen molar-refractivity contribution in [1.82, 2.24) is 0 Å². The van der Waals surface area contributed by atoms with Gasteiger partial charge in [-0.2, -0.15) is 10.5 Å². The molecule has 0 spiro atoms. The molecule has 0 aliphatic carbocycles. The molecular weight excluding hydrogens is 392 g/mol. The van der Waals surface area contributed by atoms with Crippen LogP contribution in [0, 0.1) is 22.7 Å². The SMILES string of the molecule is N#CC(C#N)=C/C=C(/Sc1ccc(Br)cc1)c1ccc(Cl)cc1. The zero-order valence-corrected chi connectivity index (χ0v) is 15.0. The fourth-order valence-corrected chi connectivity index (χ4v) is 3.00. The van der Waals surface area contributed by atoms with Crippen molar-refractivity contribution >= 4 is 44.2 Å². The fourth-order valence-electron chi connectivity index (χ4n) is 1.69. The minimum absolute atomic E-state index is 0.0628. The number of hydrogen-bond donors (Lipinski definition) is 0. The molecule has 23 heavy (non-hydrogen) atoms. The number of nitrogens with zero attached hydrogens (tertiary/aromatic N) is 2. The van der Waals surface area contributed by atoms with Gasteiger partial charge in [0, 0.05) is 19.3 Å². The van der Waals surface area contributed by atoms with Gasteiger partial charge < -0.3 is 0 Å². The van der Waals surface area contributed by atoms with Gasteiger partial charge in [-0.05, 0) is 54.1 Å². The molecule has 0 aliphatic rings. The van der Waals surface area contributed by atoms with Crippen LogP contribution in [0.5, 0.6) is 0 Å². The number of nitriles is 2. The Labute approximate surface area is 152 Å². The first-order valence-corrected chi connectivity index (χ1v) is 8.52. The van der Waals surface area contributed by atoms with Gasteiger partial charge in [-0.15, -0.1) is 0 Å². The van der Waals surface area contributed by atoms with E-state index in [2.05, 4.69) is 15.9 Å². The van der Waals surface area contributed by atoms with E-state index in [-0.39, 0.29) is 5.57 Å². The van der Waals surface area contributed by atoms with Gasteiger partial charge in [0.05, 0.1) is 0 Å². The summed E-state index contributed by atoms with van der Waals surface area (Å²) < 4.78 is 1.01. The van der Waals surface area contributed by atoms with E-state index in [1.54, 1.807) is 17.8 Å². The van der Waals surface area contributed by atoms with E-state index < -0.39 is 0 Å². The number of allylic oxidation sites excluding steroid dienone is 3. The smallest absolute Gasteiger partial charge is 0.129 e. The Hall–Kier alpha value is -1.98. The normalized spacial score (nSPS) is 10.5. The summed E-state index contributed by atoms with van der Waals surface area (Å²) in [6.07, 6.45) is 3.30. The maximum absolute atomic E-state index is 8.87. The molecule has 0 saturated carbocycles. The second-order valence-corrected chi connectivity index (χ2v) is 6.87. The number of rotatable bonds is 4. The summed E-state index contributed by atoms with van der Waals surface area (Å²) >= 11 is 10.9. The summed E-state index contributed by atoms with van der Waals surface area (Å²) in [6.45, 7) is 0. The van der Waals surface area contributed by atoms with Crippen LogP contribution in [0.4, 0.5) is 0 Å². The molecule has 0 fully saturated rings. The van der Waals surface area contributed by atoms with E-state index >= 15 is 0 Å². The number of hydrogen-bond acceptors (Lipinski definition) is 3. The van der Waals surface area contributed by atoms with Gasteiger partial charge in [-0.1, -0.05) is 51.4 Å². The summed E-state index contributed by atoms with van der Waals surface area (Å²) in [5.74, 6) is 0. The largest absolute Gasteiger partial charge is 0.192 e. The second kappa shape index (κ2) is 8.60. The third-order valence-electron chi connectivity index (χ3n) is 2.81. The lowest BCUT2D eigenvalue weighted by Crippen LogP contribution is -1.81. The van der Waals surface area contributed by atoms with Crippen molar-refractivity contribution in [1.29, 1.82) is 10.5 Å². The maximum atomic E-state index is 8.87. The van der Waals surface area contributed by atoms with Crippen molar-refractivity contribution in [3.8, 4) is 12.1 Å². The highest BCUT2D eigenvalue weighted by Gasteiger charge is 2.05. The Balaban J connectivity index is 2.39. The summed E-state index contributed by atoms with van der Waals surface area (Å²) in [5, 5.41) is 18.4. The lowest BCUT2D eigenvalue weighted by atomic mass is 10.2. The van der Waals surface area contributed by atoms with Gasteiger partial charge >= 0.3 is 0 Å². The van der Waals surface area contributed by atoms with E-state index in [9.17, 15) is 0 Å². The number of halogens is 2. The molecule has 0 bridgehead atoms. The highest BCUT2D eigenvalue weighted by atomic mass is 79.9. The predicted octanol–water partition coefficient (Wildman–Crippen LogP) is 6.21. The lowest BCUT2D eigenvalue weighted by Gasteiger charge is -2.07. The minimum atomic E-state index is 0.0628. The van der Waals surface area contributed by atoms with Crippen LogP contribution in [0.2, 0.25) is 5.02 Å². The van der Waals surface area contributed by atoms with Crippen molar-refractivity contribution in [2.75, 3.05) is 0 Å². The van der Waals surface area contributed by atoms with E-state index in [0.29, 0.717) is 5.02 Å². The van der Waals surface area contributed by atoms with Gasteiger partial charge in [-0.25, -0.2) is 0 Å². The van der Waals surface area contributed by atoms with Crippen molar-refractivity contribution in [3.63, 3.8) is 0 Å². The number of thioether (sulfide) groups is 1. The average Bonchev–Trinajstić information content (AvgIpc) is 2.57. The Kier molecular flexibility index (Phi) is 6.50. The Morgan fingerprint density at radius 2 is 1.57 bits per heavy atom. The van der Waals surface area contributed by atoms with Gasteiger partial charge in [0.25, 0.3) is 0 Å². The van der Waals surface area contributed by atoms with Crippen LogP contribution in [-0.2, 0) is 0 Å². The summed E-state index contributed by atoms with van der Waals surface area (Å²) in [4.78, 5) is 1.98. The Morgan fingerprint density at radius 1 is 0.957 bits per heavy atom. The van der Waals surface area contributed by atoms with Crippen molar-refractivity contribution in [2.45, 2.75) is 4.90 Å². The molecule has 112 valence electrons. The molecule has 0 saturated heterocycles. The molecule has 0 unspecified atom stereocenters. The molecule has 0 N–H and O–H groups in total. The first kappa shape index (κ1) is 17.4. The maximum Gasteiger partial charge on any atom is 0.129 e. The molecule has 0 amide bonds. The van der Waals surface area contributed by atoms with Crippen molar-refractivity contribution < 1.29 is 0 Å². The first-order chi connectivity index (χ1) is 11.1. The van der Waals surface area contributed by atoms with E-state index in [1.165, 1.54) is 6.08 Å². The molecule has 0 aliphatic heterocycles. The summed E-state index contributed by atoms with van der Waals surface area (Å²) in [5.41, 5.74) is 1.03. The standard InChI is InChI=1S/C18H10BrClN2S/c19-15-4-8-17(9-5-15)23-18(10-1-13(11-21)12-22)14-2-6-16(20)7-3-14/h1-10H/b18-10+. The fraction of sp³-hybridized carbons (Fsp3) is 0. The zero-order valence-electron chi connectivity index (χ0n) is 11.8. The van der Waals surface area contributed by atoms with Crippen LogP contribution in [0.1, 0.15) is 5.56 Å². The average molecular weight is 402 g/mol. The first-order valence-electron chi connectivity index (χ1n) is 6.54. The summed E-state index contributed by atoms with van der Waals surface area (Å²) in [7, 11) is 0. The molecule has 0 radical (unpaired) electrons. The van der Waals surface area contributed by atoms with Crippen LogP contribution in [0.25, 0.3) is 4.91 Å². The van der Waals surface area contributed by atoms with Gasteiger partial charge in [0.1, 0.15) is 17.7 Å². The molecular formula is C18H10BrClN2S. The van der Waals surface area contributed by atoms with E-state index in [0.717, 1.165) is 19.8 Å². The van der Waals surface area contributed by atoms with Crippen molar-refractivity contribution in [3.05, 3.63) is 81.3 Å². The monoisotopic (exact) mass is 400 g/mol. The Bertz CT molecular complexity index is 809. The highest BCUT2D eigenvalue weighted by Crippen LogP contribution is 2.35. The lowest BCUT2D eigenvalue weighted by molar-refractivity contribution is 1.45. The molecule has 0 aromatic heterocycles. The molecule has 0 atom stereocenters. The molecule has 2 nitrogen and oxygen atoms in total. The van der Waals surface area contributed by atoms with Crippen LogP contribution in [-0.4, -0.2) is 0 Å². The third kappa shape index (κ3) is 5.30. The van der Waals surface area contributed by atoms with Gasteiger partial charge in [0.15, 0.2) is 0 Å². The van der Waals surface area contributed by atoms with E-state index in [1.807, 2.05) is 60.7 Å². The van der Waals surface area contributed by atoms with Gasteiger partial charge in [0.2, 0.25) is 0 Å². The predicted molar refractivity (Wildman–Crippen MR) is 98.7 cm³/mol. The molecule has 5 heteroatoms. The quantitative estimate of drug-likeness (QED) is 0.347. The van der Waals surface area contributed by atoms with Crippen LogP contribution < -0.4 is 0 Å². The molecule has 2 rings (SSSR count). The molecule has 2 aromatic rings. The van der Waals surface area contributed by atoms with Crippen LogP contribution in [0.3, 0.4) is 0 Å². The van der Waals surface area contributed by atoms with Crippen LogP contribution >= 0.6 is 39.3 Å². The number of benzene rings is 2. The summed E-state index contributed by atoms with van der Waals surface area (Å²) in [6, 6.07) is 19.1. The highest BCUT2D eigenvalue weighted by molar-refractivity contribution is 9.10. The Morgan fingerprint density at radius 3 is 2.13 bits per heavy atom.